The predicted octanol–water partition coefficient (Wildman–Crippen LogP) is 2.32. The number of ketones is 1. The number of nitrogens with one attached hydrogen (secondary N) is 1. The molecular formula is C17H16N2O4S. The maximum atomic E-state index is 12.4. The van der Waals surface area contributed by atoms with Crippen molar-refractivity contribution in [1.82, 2.24) is 4.90 Å². The summed E-state index contributed by atoms with van der Waals surface area (Å²) in [4.78, 5) is 25.6. The van der Waals surface area contributed by atoms with Crippen molar-refractivity contribution in [2.45, 2.75) is 11.4 Å². The summed E-state index contributed by atoms with van der Waals surface area (Å²) in [5.41, 5.74) is 1.73. The normalized spacial score (nSPS) is 14.0. The van der Waals surface area contributed by atoms with Gasteiger partial charge >= 0.3 is 6.03 Å². The molecule has 1 heterocycles. The van der Waals surface area contributed by atoms with Gasteiger partial charge in [0.2, 0.25) is 0 Å². The van der Waals surface area contributed by atoms with E-state index in [1.54, 1.807) is 37.4 Å². The molecule has 0 aromatic heterocycles. The van der Waals surface area contributed by atoms with E-state index in [1.165, 1.54) is 23.1 Å². The summed E-state index contributed by atoms with van der Waals surface area (Å²) in [5, 5.41) is 2.71. The number of benzene rings is 2. The fourth-order valence-corrected chi connectivity index (χ4v) is 3.78. The average Bonchev–Trinajstić information content (AvgIpc) is 2.56. The first-order valence-electron chi connectivity index (χ1n) is 7.33. The summed E-state index contributed by atoms with van der Waals surface area (Å²) >= 11 is 0. The highest BCUT2D eigenvalue weighted by Gasteiger charge is 2.23. The van der Waals surface area contributed by atoms with Crippen molar-refractivity contribution in [2.24, 2.45) is 0 Å². The van der Waals surface area contributed by atoms with E-state index in [2.05, 4.69) is 5.32 Å². The molecule has 0 radical (unpaired) electrons. The van der Waals surface area contributed by atoms with Gasteiger partial charge in [0.15, 0.2) is 15.6 Å². The second-order valence-electron chi connectivity index (χ2n) is 5.65. The van der Waals surface area contributed by atoms with Gasteiger partial charge in [-0.05, 0) is 35.9 Å². The number of hydrogen-bond donors (Lipinski definition) is 1. The molecule has 2 aromatic carbocycles. The minimum atomic E-state index is -3.68. The number of carbonyl (C=O) groups is 2. The zero-order valence-electron chi connectivity index (χ0n) is 13.0. The van der Waals surface area contributed by atoms with Crippen LogP contribution in [0.25, 0.3) is 0 Å². The maximum Gasteiger partial charge on any atom is 0.321 e. The van der Waals surface area contributed by atoms with Gasteiger partial charge in [-0.3, -0.25) is 4.79 Å². The van der Waals surface area contributed by atoms with Crippen LogP contribution in [0.2, 0.25) is 0 Å². The van der Waals surface area contributed by atoms with Crippen molar-refractivity contribution in [3.05, 3.63) is 59.7 Å². The Morgan fingerprint density at radius 1 is 1.17 bits per heavy atom. The summed E-state index contributed by atoms with van der Waals surface area (Å²) in [6, 6.07) is 12.5. The summed E-state index contributed by atoms with van der Waals surface area (Å²) in [6.45, 7) is 0.369. The molecule has 7 heteroatoms. The van der Waals surface area contributed by atoms with E-state index in [9.17, 15) is 18.0 Å². The molecule has 2 aromatic rings. The van der Waals surface area contributed by atoms with Gasteiger partial charge in [-0.25, -0.2) is 13.2 Å². The molecule has 1 aliphatic rings. The standard InChI is InChI=1S/C17H16N2O4S/c1-19-10-13-9-12(7-8-15(13)18-17(19)21)16(20)11-24(22,23)14-5-3-2-4-6-14/h2-9H,10-11H2,1H3,(H,18,21). The van der Waals surface area contributed by atoms with Crippen molar-refractivity contribution in [3.63, 3.8) is 0 Å². The smallest absolute Gasteiger partial charge is 0.321 e. The predicted molar refractivity (Wildman–Crippen MR) is 89.8 cm³/mol. The lowest BCUT2D eigenvalue weighted by Crippen LogP contribution is -2.35. The number of urea groups is 1. The number of carbonyl (C=O) groups excluding carboxylic acids is 2. The van der Waals surface area contributed by atoms with E-state index >= 15 is 0 Å². The van der Waals surface area contributed by atoms with Gasteiger partial charge in [0.1, 0.15) is 5.75 Å². The molecule has 0 bridgehead atoms. The second kappa shape index (κ2) is 6.09. The van der Waals surface area contributed by atoms with Gasteiger partial charge in [0.05, 0.1) is 4.90 Å². The third kappa shape index (κ3) is 3.16. The van der Waals surface area contributed by atoms with Crippen LogP contribution in [0.3, 0.4) is 0 Å². The Hall–Kier alpha value is -2.67. The third-order valence-corrected chi connectivity index (χ3v) is 5.48. The number of nitrogens with zero attached hydrogens (tertiary/aromatic N) is 1. The molecule has 0 aliphatic carbocycles. The Balaban J connectivity index is 1.84. The molecule has 0 saturated carbocycles. The number of amides is 2. The van der Waals surface area contributed by atoms with Gasteiger partial charge in [0.25, 0.3) is 0 Å². The molecule has 124 valence electrons. The van der Waals surface area contributed by atoms with Crippen molar-refractivity contribution in [2.75, 3.05) is 18.1 Å². The molecule has 0 fully saturated rings. The Bertz CT molecular complexity index is 907. The van der Waals surface area contributed by atoms with Crippen molar-refractivity contribution >= 4 is 27.3 Å². The first-order chi connectivity index (χ1) is 11.4. The molecule has 6 nitrogen and oxygen atoms in total. The Morgan fingerprint density at radius 3 is 2.58 bits per heavy atom. The maximum absolute atomic E-state index is 12.4. The van der Waals surface area contributed by atoms with E-state index in [-0.39, 0.29) is 10.9 Å². The van der Waals surface area contributed by atoms with E-state index in [1.807, 2.05) is 0 Å². The highest BCUT2D eigenvalue weighted by atomic mass is 32.2. The number of hydrogen-bond acceptors (Lipinski definition) is 4. The Labute approximate surface area is 140 Å². The lowest BCUT2D eigenvalue weighted by Gasteiger charge is -2.26. The SMILES string of the molecule is CN1Cc2cc(C(=O)CS(=O)(=O)c3ccccc3)ccc2NC1=O. The average molecular weight is 344 g/mol. The van der Waals surface area contributed by atoms with Crippen molar-refractivity contribution in [1.29, 1.82) is 0 Å². The van der Waals surface area contributed by atoms with Gasteiger partial charge in [-0.2, -0.15) is 0 Å². The van der Waals surface area contributed by atoms with Crippen molar-refractivity contribution in [3.8, 4) is 0 Å². The largest absolute Gasteiger partial charge is 0.323 e. The molecule has 3 rings (SSSR count). The first kappa shape index (κ1) is 16.2. The van der Waals surface area contributed by atoms with Crippen molar-refractivity contribution < 1.29 is 18.0 Å². The Morgan fingerprint density at radius 2 is 1.88 bits per heavy atom. The molecule has 0 atom stereocenters. The lowest BCUT2D eigenvalue weighted by atomic mass is 10.0. The fraction of sp³-hybridized carbons (Fsp3) is 0.176. The van der Waals surface area contributed by atoms with Crippen LogP contribution in [-0.4, -0.2) is 37.9 Å². The number of fused-ring (bicyclic) bond motifs is 1. The third-order valence-electron chi connectivity index (χ3n) is 3.85. The minimum absolute atomic E-state index is 0.128. The van der Waals surface area contributed by atoms with E-state index < -0.39 is 21.4 Å². The number of Topliss-reactive ketones (excluding diaryl/α,β-unsaturated/α-hetero) is 1. The number of rotatable bonds is 4. The zero-order valence-corrected chi connectivity index (χ0v) is 13.8. The van der Waals surface area contributed by atoms with Gasteiger partial charge in [-0.15, -0.1) is 0 Å². The van der Waals surface area contributed by atoms with E-state index in [0.29, 0.717) is 17.8 Å². The number of sulfone groups is 1. The summed E-state index contributed by atoms with van der Waals surface area (Å²) in [7, 11) is -2.03. The van der Waals surface area contributed by atoms with Crippen LogP contribution in [0.1, 0.15) is 15.9 Å². The van der Waals surface area contributed by atoms with Gasteiger partial charge in [-0.1, -0.05) is 18.2 Å². The topological polar surface area (TPSA) is 83.6 Å². The molecule has 1 aliphatic heterocycles. The fourth-order valence-electron chi connectivity index (χ4n) is 2.52. The van der Waals surface area contributed by atoms with E-state index in [4.69, 9.17) is 0 Å². The van der Waals surface area contributed by atoms with Crippen LogP contribution in [-0.2, 0) is 16.4 Å². The molecular weight excluding hydrogens is 328 g/mol. The van der Waals surface area contributed by atoms with Gasteiger partial charge in [0, 0.05) is 24.8 Å². The minimum Gasteiger partial charge on any atom is -0.323 e. The second-order valence-corrected chi connectivity index (χ2v) is 7.64. The molecule has 0 saturated heterocycles. The Kier molecular flexibility index (Phi) is 4.11. The van der Waals surface area contributed by atoms with Crippen LogP contribution >= 0.6 is 0 Å². The molecule has 0 spiro atoms. The zero-order chi connectivity index (χ0) is 17.3. The summed E-state index contributed by atoms with van der Waals surface area (Å²) in [5.74, 6) is -1.06. The summed E-state index contributed by atoms with van der Waals surface area (Å²) in [6.07, 6.45) is 0. The molecule has 0 unspecified atom stereocenters. The lowest BCUT2D eigenvalue weighted by molar-refractivity contribution is 0.102. The highest BCUT2D eigenvalue weighted by molar-refractivity contribution is 7.92. The van der Waals surface area contributed by atoms with Gasteiger partial charge < -0.3 is 10.2 Å². The molecule has 1 N–H and O–H groups in total. The van der Waals surface area contributed by atoms with E-state index in [0.717, 1.165) is 5.56 Å². The first-order valence-corrected chi connectivity index (χ1v) is 8.98. The number of anilines is 1. The molecule has 2 amide bonds. The summed E-state index contributed by atoms with van der Waals surface area (Å²) < 4.78 is 24.6. The quantitative estimate of drug-likeness (QED) is 0.863. The van der Waals surface area contributed by atoms with Crippen LogP contribution in [0.4, 0.5) is 10.5 Å². The van der Waals surface area contributed by atoms with Crippen LogP contribution in [0.5, 0.6) is 0 Å². The highest BCUT2D eigenvalue weighted by Crippen LogP contribution is 2.24. The monoisotopic (exact) mass is 344 g/mol. The van der Waals surface area contributed by atoms with Crippen LogP contribution in [0.15, 0.2) is 53.4 Å². The molecule has 24 heavy (non-hydrogen) atoms. The van der Waals surface area contributed by atoms with Crippen LogP contribution in [0, 0.1) is 0 Å². The van der Waals surface area contributed by atoms with Crippen LogP contribution < -0.4 is 5.32 Å².